The van der Waals surface area contributed by atoms with E-state index in [-0.39, 0.29) is 11.3 Å². The molecule has 1 aliphatic heterocycles. The maximum absolute atomic E-state index is 12.8. The lowest BCUT2D eigenvalue weighted by Gasteiger charge is -2.34. The van der Waals surface area contributed by atoms with Crippen molar-refractivity contribution in [1.82, 2.24) is 10.2 Å². The zero-order valence-electron chi connectivity index (χ0n) is 12.9. The normalized spacial score (nSPS) is 27.4. The minimum absolute atomic E-state index is 0.207. The summed E-state index contributed by atoms with van der Waals surface area (Å²) in [5, 5.41) is 3.40. The van der Waals surface area contributed by atoms with Crippen molar-refractivity contribution < 1.29 is 4.79 Å². The third-order valence-corrected chi connectivity index (χ3v) is 5.19. The lowest BCUT2D eigenvalue weighted by molar-refractivity contribution is -0.139. The largest absolute Gasteiger partial charge is 0.342 e. The van der Waals surface area contributed by atoms with Crippen LogP contribution in [0.3, 0.4) is 0 Å². The van der Waals surface area contributed by atoms with Crippen molar-refractivity contribution >= 4 is 5.91 Å². The van der Waals surface area contributed by atoms with Crippen LogP contribution in [0.15, 0.2) is 0 Å². The molecule has 2 rings (SSSR count). The lowest BCUT2D eigenvalue weighted by Crippen LogP contribution is -2.44. The molecule has 1 aliphatic carbocycles. The molecule has 1 amide bonds. The van der Waals surface area contributed by atoms with Gasteiger partial charge in [-0.3, -0.25) is 4.79 Å². The van der Waals surface area contributed by atoms with Crippen LogP contribution in [-0.2, 0) is 4.79 Å². The second-order valence-corrected chi connectivity index (χ2v) is 7.00. The zero-order chi connectivity index (χ0) is 13.9. The Balaban J connectivity index is 1.94. The van der Waals surface area contributed by atoms with Crippen molar-refractivity contribution in [2.75, 3.05) is 26.2 Å². The van der Waals surface area contributed by atoms with Gasteiger partial charge in [0.1, 0.15) is 0 Å². The number of nitrogens with one attached hydrogen (secondary N) is 1. The highest BCUT2D eigenvalue weighted by Gasteiger charge is 2.41. The highest BCUT2D eigenvalue weighted by Crippen LogP contribution is 2.43. The Kier molecular flexibility index (Phi) is 4.88. The van der Waals surface area contributed by atoms with E-state index in [1.54, 1.807) is 0 Å². The maximum atomic E-state index is 12.8. The van der Waals surface area contributed by atoms with Gasteiger partial charge >= 0.3 is 0 Å². The fourth-order valence-electron chi connectivity index (χ4n) is 3.76. The second-order valence-electron chi connectivity index (χ2n) is 7.00. The van der Waals surface area contributed by atoms with Gasteiger partial charge in [0.25, 0.3) is 0 Å². The number of carbonyl (C=O) groups excluding carboxylic acids is 1. The van der Waals surface area contributed by atoms with E-state index in [9.17, 15) is 4.79 Å². The lowest BCUT2D eigenvalue weighted by atomic mass is 9.81. The van der Waals surface area contributed by atoms with Gasteiger partial charge in [-0.15, -0.1) is 0 Å². The van der Waals surface area contributed by atoms with Crippen molar-refractivity contribution in [1.29, 1.82) is 0 Å². The molecular weight excluding hydrogens is 236 g/mol. The van der Waals surface area contributed by atoms with Crippen molar-refractivity contribution in [3.63, 3.8) is 0 Å². The van der Waals surface area contributed by atoms with E-state index in [4.69, 9.17) is 0 Å². The van der Waals surface area contributed by atoms with Crippen molar-refractivity contribution in [2.45, 2.75) is 52.9 Å². The summed E-state index contributed by atoms with van der Waals surface area (Å²) in [6, 6.07) is 0. The van der Waals surface area contributed by atoms with Crippen LogP contribution in [0, 0.1) is 17.3 Å². The topological polar surface area (TPSA) is 32.3 Å². The average molecular weight is 266 g/mol. The highest BCUT2D eigenvalue weighted by molar-refractivity contribution is 5.80. The van der Waals surface area contributed by atoms with Gasteiger partial charge < -0.3 is 10.2 Å². The molecule has 3 heteroatoms. The quantitative estimate of drug-likeness (QED) is 0.848. The van der Waals surface area contributed by atoms with Crippen molar-refractivity contribution in [3.8, 4) is 0 Å². The van der Waals surface area contributed by atoms with E-state index in [0.717, 1.165) is 32.6 Å². The Morgan fingerprint density at radius 3 is 2.47 bits per heavy atom. The molecule has 19 heavy (non-hydrogen) atoms. The molecule has 1 unspecified atom stereocenters. The first kappa shape index (κ1) is 14.8. The van der Waals surface area contributed by atoms with Gasteiger partial charge in [0.2, 0.25) is 5.91 Å². The molecule has 3 nitrogen and oxygen atoms in total. The van der Waals surface area contributed by atoms with E-state index in [1.807, 2.05) is 0 Å². The number of nitrogens with zero attached hydrogens (tertiary/aromatic N) is 1. The summed E-state index contributed by atoms with van der Waals surface area (Å²) in [6.45, 7) is 10.7. The number of hydrogen-bond acceptors (Lipinski definition) is 2. The molecule has 1 atom stereocenters. The minimum Gasteiger partial charge on any atom is -0.342 e. The van der Waals surface area contributed by atoms with Crippen LogP contribution in [0.5, 0.6) is 0 Å². The molecule has 0 aromatic carbocycles. The smallest absolute Gasteiger partial charge is 0.226 e. The van der Waals surface area contributed by atoms with Crippen LogP contribution in [-0.4, -0.2) is 37.0 Å². The van der Waals surface area contributed by atoms with Gasteiger partial charge in [0.05, 0.1) is 0 Å². The first-order chi connectivity index (χ1) is 9.04. The molecule has 2 fully saturated rings. The minimum atomic E-state index is 0.207. The molecule has 0 bridgehead atoms. The number of amides is 1. The van der Waals surface area contributed by atoms with Crippen LogP contribution >= 0.6 is 0 Å². The number of hydrogen-bond donors (Lipinski definition) is 1. The third kappa shape index (κ3) is 3.50. The van der Waals surface area contributed by atoms with Crippen molar-refractivity contribution in [2.24, 2.45) is 17.3 Å². The summed E-state index contributed by atoms with van der Waals surface area (Å²) in [6.07, 6.45) is 5.95. The van der Waals surface area contributed by atoms with Crippen LogP contribution < -0.4 is 5.32 Å². The summed E-state index contributed by atoms with van der Waals surface area (Å²) in [4.78, 5) is 14.9. The fourth-order valence-corrected chi connectivity index (χ4v) is 3.76. The van der Waals surface area contributed by atoms with Gasteiger partial charge in [-0.2, -0.15) is 0 Å². The van der Waals surface area contributed by atoms with E-state index in [0.29, 0.717) is 11.8 Å². The van der Waals surface area contributed by atoms with E-state index >= 15 is 0 Å². The first-order valence-electron chi connectivity index (χ1n) is 8.04. The number of carbonyl (C=O) groups is 1. The van der Waals surface area contributed by atoms with Gasteiger partial charge in [-0.1, -0.05) is 20.3 Å². The Morgan fingerprint density at radius 1 is 1.26 bits per heavy atom. The molecule has 2 aliphatic rings. The molecule has 1 heterocycles. The number of rotatable bonds is 4. The summed E-state index contributed by atoms with van der Waals surface area (Å²) in [5.74, 6) is 1.38. The van der Waals surface area contributed by atoms with Crippen molar-refractivity contribution in [3.05, 3.63) is 0 Å². The molecule has 0 radical (unpaired) electrons. The first-order valence-corrected chi connectivity index (χ1v) is 8.04. The van der Waals surface area contributed by atoms with Crippen LogP contribution in [0.25, 0.3) is 0 Å². The average Bonchev–Trinajstić information content (AvgIpc) is 2.76. The van der Waals surface area contributed by atoms with Gasteiger partial charge in [0.15, 0.2) is 0 Å². The number of piperidine rings is 1. The molecule has 0 spiro atoms. The third-order valence-electron chi connectivity index (χ3n) is 5.19. The van der Waals surface area contributed by atoms with Gasteiger partial charge in [-0.05, 0) is 57.0 Å². The maximum Gasteiger partial charge on any atom is 0.226 e. The molecule has 1 saturated heterocycles. The molecule has 0 aromatic heterocycles. The Morgan fingerprint density at radius 2 is 1.95 bits per heavy atom. The van der Waals surface area contributed by atoms with E-state index < -0.39 is 0 Å². The summed E-state index contributed by atoms with van der Waals surface area (Å²) in [7, 11) is 0. The second kappa shape index (κ2) is 6.25. The monoisotopic (exact) mass is 266 g/mol. The predicted molar refractivity (Wildman–Crippen MR) is 79.0 cm³/mol. The highest BCUT2D eigenvalue weighted by atomic mass is 16.2. The molecule has 110 valence electrons. The SMILES string of the molecule is CCN(CC1CCNCC1)C(=O)C1CCCC1(C)C. The molecular formula is C16H30N2O. The Hall–Kier alpha value is -0.570. The predicted octanol–water partition coefficient (Wildman–Crippen LogP) is 2.66. The molecule has 1 saturated carbocycles. The molecule has 0 aromatic rings. The van der Waals surface area contributed by atoms with E-state index in [1.165, 1.54) is 25.7 Å². The fraction of sp³-hybridized carbons (Fsp3) is 0.938. The van der Waals surface area contributed by atoms with Crippen LogP contribution in [0.4, 0.5) is 0 Å². The summed E-state index contributed by atoms with van der Waals surface area (Å²) >= 11 is 0. The summed E-state index contributed by atoms with van der Waals surface area (Å²) in [5.41, 5.74) is 0.207. The Bertz CT molecular complexity index is 308. The van der Waals surface area contributed by atoms with Crippen LogP contribution in [0.2, 0.25) is 0 Å². The van der Waals surface area contributed by atoms with Gasteiger partial charge in [0, 0.05) is 19.0 Å². The summed E-state index contributed by atoms with van der Waals surface area (Å²) < 4.78 is 0. The van der Waals surface area contributed by atoms with Crippen LogP contribution in [0.1, 0.15) is 52.9 Å². The standard InChI is InChI=1S/C16H30N2O/c1-4-18(12-13-7-10-17-11-8-13)15(19)14-6-5-9-16(14,2)3/h13-14,17H,4-12H2,1-3H3. The molecule has 1 N–H and O–H groups in total. The van der Waals surface area contributed by atoms with E-state index in [2.05, 4.69) is 31.0 Å². The van der Waals surface area contributed by atoms with Gasteiger partial charge in [-0.25, -0.2) is 0 Å². The Labute approximate surface area is 118 Å². The zero-order valence-corrected chi connectivity index (χ0v) is 12.9.